The van der Waals surface area contributed by atoms with Gasteiger partial charge < -0.3 is 29.8 Å². The van der Waals surface area contributed by atoms with E-state index in [1.54, 1.807) is 25.1 Å². The number of carbonyl (C=O) groups is 3. The van der Waals surface area contributed by atoms with Crippen molar-refractivity contribution in [3.8, 4) is 0 Å². The zero-order valence-electron chi connectivity index (χ0n) is 24.2. The van der Waals surface area contributed by atoms with E-state index in [0.717, 1.165) is 44.8 Å². The molecule has 2 aromatic carbocycles. The Balaban J connectivity index is 1.15. The molecule has 3 aliphatic rings. The number of piperazine rings is 1. The fourth-order valence-corrected chi connectivity index (χ4v) is 6.01. The van der Waals surface area contributed by atoms with Crippen molar-refractivity contribution in [1.29, 1.82) is 0 Å². The number of carbonyl (C=O) groups excluding carboxylic acids is 3. The first-order chi connectivity index (χ1) is 20.5. The van der Waals surface area contributed by atoms with Crippen LogP contribution in [0.15, 0.2) is 59.0 Å². The van der Waals surface area contributed by atoms with E-state index in [9.17, 15) is 14.4 Å². The van der Waals surface area contributed by atoms with Gasteiger partial charge in [-0.2, -0.15) is 0 Å². The molecule has 3 fully saturated rings. The molecule has 0 atom stereocenters. The molecule has 9 nitrogen and oxygen atoms in total. The topological polar surface area (TPSA) is 98.1 Å². The van der Waals surface area contributed by atoms with Crippen molar-refractivity contribution in [3.63, 3.8) is 0 Å². The molecule has 6 rings (SSSR count). The van der Waals surface area contributed by atoms with Gasteiger partial charge in [0.2, 0.25) is 5.91 Å². The number of hydrogen-bond donors (Lipinski definition) is 2. The van der Waals surface area contributed by atoms with Gasteiger partial charge in [-0.25, -0.2) is 0 Å². The Morgan fingerprint density at radius 1 is 0.905 bits per heavy atom. The second kappa shape index (κ2) is 12.3. The summed E-state index contributed by atoms with van der Waals surface area (Å²) in [6, 6.07) is 17.6. The molecule has 42 heavy (non-hydrogen) atoms. The maximum atomic E-state index is 13.1. The second-order valence-corrected chi connectivity index (χ2v) is 11.5. The summed E-state index contributed by atoms with van der Waals surface area (Å²) in [6.45, 7) is 7.06. The second-order valence-electron chi connectivity index (χ2n) is 11.5. The number of nitrogens with zero attached hydrogens (tertiary/aromatic N) is 3. The third-order valence-electron chi connectivity index (χ3n) is 8.45. The van der Waals surface area contributed by atoms with Crippen molar-refractivity contribution in [2.24, 2.45) is 0 Å². The zero-order valence-corrected chi connectivity index (χ0v) is 24.2. The monoisotopic (exact) mass is 569 g/mol. The predicted octanol–water partition coefficient (Wildman–Crippen LogP) is 4.79. The minimum atomic E-state index is -0.353. The number of likely N-dealkylation sites (tertiary alicyclic amines) is 1. The van der Waals surface area contributed by atoms with Crippen LogP contribution in [0.4, 0.5) is 17.1 Å². The Bertz CT molecular complexity index is 1450. The number of furan rings is 1. The quantitative estimate of drug-likeness (QED) is 0.341. The summed E-state index contributed by atoms with van der Waals surface area (Å²) in [6.07, 6.45) is 4.77. The summed E-state index contributed by atoms with van der Waals surface area (Å²) in [4.78, 5) is 44.6. The summed E-state index contributed by atoms with van der Waals surface area (Å²) in [5.74, 6) is 1.21. The van der Waals surface area contributed by atoms with Gasteiger partial charge in [-0.1, -0.05) is 18.2 Å². The van der Waals surface area contributed by atoms with Crippen molar-refractivity contribution in [1.82, 2.24) is 10.2 Å². The highest BCUT2D eigenvalue weighted by molar-refractivity contribution is 6.05. The van der Waals surface area contributed by atoms with Gasteiger partial charge in [0.05, 0.1) is 11.4 Å². The maximum Gasteiger partial charge on any atom is 0.291 e. The average molecular weight is 570 g/mol. The average Bonchev–Trinajstić information content (AvgIpc) is 3.64. The van der Waals surface area contributed by atoms with E-state index in [2.05, 4.69) is 44.7 Å². The van der Waals surface area contributed by atoms with Crippen molar-refractivity contribution < 1.29 is 18.8 Å². The molecule has 3 aromatic rings. The lowest BCUT2D eigenvalue weighted by Gasteiger charge is -2.39. The van der Waals surface area contributed by atoms with Crippen LogP contribution in [-0.4, -0.2) is 68.4 Å². The Morgan fingerprint density at radius 2 is 1.67 bits per heavy atom. The lowest BCUT2D eigenvalue weighted by Crippen LogP contribution is -2.47. The molecule has 3 amide bonds. The standard InChI is InChI=1S/C33H39N5O4/c1-23-9-14-30(42-23)33(41)35-27-22-25(32(40)34-15-5-17-38-16-4-8-31(38)39)12-13-29(27)37-20-18-36(19-21-37)28-7-3-2-6-26(28)24-10-11-24/h2-3,6-7,9,12-14,22,24H,4-5,8,10-11,15-21H2,1H3,(H,34,40)(H,35,41). The summed E-state index contributed by atoms with van der Waals surface area (Å²) < 4.78 is 5.55. The molecular formula is C33H39N5O4. The van der Waals surface area contributed by atoms with Crippen molar-refractivity contribution in [2.75, 3.05) is 60.9 Å². The van der Waals surface area contributed by atoms with Crippen LogP contribution in [0.2, 0.25) is 0 Å². The number of anilines is 3. The Kier molecular flexibility index (Phi) is 8.17. The normalized spacial score (nSPS) is 17.1. The van der Waals surface area contributed by atoms with E-state index in [1.807, 2.05) is 17.0 Å². The van der Waals surface area contributed by atoms with E-state index in [0.29, 0.717) is 48.9 Å². The van der Waals surface area contributed by atoms with Gasteiger partial charge in [-0.3, -0.25) is 14.4 Å². The minimum Gasteiger partial charge on any atom is -0.456 e. The van der Waals surface area contributed by atoms with Crippen molar-refractivity contribution >= 4 is 34.8 Å². The lowest BCUT2D eigenvalue weighted by atomic mass is 10.1. The highest BCUT2D eigenvalue weighted by Crippen LogP contribution is 2.44. The van der Waals surface area contributed by atoms with Crippen LogP contribution >= 0.6 is 0 Å². The molecule has 2 N–H and O–H groups in total. The third kappa shape index (κ3) is 6.30. The van der Waals surface area contributed by atoms with Crippen LogP contribution in [0.1, 0.15) is 70.3 Å². The van der Waals surface area contributed by atoms with Crippen LogP contribution < -0.4 is 20.4 Å². The first-order valence-electron chi connectivity index (χ1n) is 15.1. The van der Waals surface area contributed by atoms with Crippen molar-refractivity contribution in [3.05, 3.63) is 77.2 Å². The van der Waals surface area contributed by atoms with Gasteiger partial charge >= 0.3 is 0 Å². The molecule has 1 aromatic heterocycles. The number of amides is 3. The number of hydrogen-bond acceptors (Lipinski definition) is 6. The first kappa shape index (κ1) is 27.9. The molecule has 9 heteroatoms. The Labute approximate surface area is 246 Å². The lowest BCUT2D eigenvalue weighted by molar-refractivity contribution is -0.127. The number of aryl methyl sites for hydroxylation is 1. The first-order valence-corrected chi connectivity index (χ1v) is 15.1. The van der Waals surface area contributed by atoms with Crippen LogP contribution in [0, 0.1) is 6.92 Å². The molecule has 220 valence electrons. The largest absolute Gasteiger partial charge is 0.456 e. The summed E-state index contributed by atoms with van der Waals surface area (Å²) in [5, 5.41) is 5.97. The predicted molar refractivity (Wildman–Crippen MR) is 163 cm³/mol. The van der Waals surface area contributed by atoms with Gasteiger partial charge in [0.1, 0.15) is 5.76 Å². The maximum absolute atomic E-state index is 13.1. The zero-order chi connectivity index (χ0) is 29.1. The fourth-order valence-electron chi connectivity index (χ4n) is 6.01. The van der Waals surface area contributed by atoms with Gasteiger partial charge in [0.25, 0.3) is 11.8 Å². The molecule has 0 bridgehead atoms. The molecule has 0 radical (unpaired) electrons. The van der Waals surface area contributed by atoms with Gasteiger partial charge in [-0.15, -0.1) is 0 Å². The molecule has 2 saturated heterocycles. The van der Waals surface area contributed by atoms with E-state index >= 15 is 0 Å². The third-order valence-corrected chi connectivity index (χ3v) is 8.45. The molecule has 0 spiro atoms. The van der Waals surface area contributed by atoms with Gasteiger partial charge in [-0.05, 0) is 80.5 Å². The van der Waals surface area contributed by atoms with Crippen LogP contribution in [0.5, 0.6) is 0 Å². The van der Waals surface area contributed by atoms with Gasteiger partial charge in [0.15, 0.2) is 5.76 Å². The Morgan fingerprint density at radius 3 is 2.36 bits per heavy atom. The number of benzene rings is 2. The molecule has 0 unspecified atom stereocenters. The molecule has 2 aliphatic heterocycles. The molecule has 3 heterocycles. The Hall–Kier alpha value is -4.27. The van der Waals surface area contributed by atoms with Crippen LogP contribution in [0.3, 0.4) is 0 Å². The highest BCUT2D eigenvalue weighted by atomic mass is 16.3. The van der Waals surface area contributed by atoms with Gasteiger partial charge in [0, 0.05) is 63.5 Å². The number of nitrogens with one attached hydrogen (secondary N) is 2. The van der Waals surface area contributed by atoms with Crippen molar-refractivity contribution in [2.45, 2.75) is 44.9 Å². The van der Waals surface area contributed by atoms with Crippen LogP contribution in [-0.2, 0) is 4.79 Å². The number of para-hydroxylation sites is 1. The molecule has 1 aliphatic carbocycles. The smallest absolute Gasteiger partial charge is 0.291 e. The number of rotatable bonds is 10. The summed E-state index contributed by atoms with van der Waals surface area (Å²) in [7, 11) is 0. The highest BCUT2D eigenvalue weighted by Gasteiger charge is 2.29. The SMILES string of the molecule is Cc1ccc(C(=O)Nc2cc(C(=O)NCCCN3CCCC3=O)ccc2N2CCN(c3ccccc3C3CC3)CC2)o1. The van der Waals surface area contributed by atoms with E-state index in [-0.39, 0.29) is 23.5 Å². The summed E-state index contributed by atoms with van der Waals surface area (Å²) in [5.41, 5.74) is 4.72. The minimum absolute atomic E-state index is 0.192. The van der Waals surface area contributed by atoms with E-state index in [4.69, 9.17) is 4.42 Å². The van der Waals surface area contributed by atoms with E-state index < -0.39 is 0 Å². The van der Waals surface area contributed by atoms with E-state index in [1.165, 1.54) is 24.1 Å². The van der Waals surface area contributed by atoms with Crippen LogP contribution in [0.25, 0.3) is 0 Å². The molecular weight excluding hydrogens is 530 g/mol. The fraction of sp³-hybridized carbons (Fsp3) is 0.424. The molecule has 1 saturated carbocycles. The summed E-state index contributed by atoms with van der Waals surface area (Å²) >= 11 is 0.